The number of aliphatic carboxylic acids is 1. The first kappa shape index (κ1) is 25.6. The van der Waals surface area contributed by atoms with E-state index < -0.39 is 37.0 Å². The SMILES string of the molecule is NO[C@H](C=O)[C@@H](O)[C@H](O)[C@H](O)CO.O=C(O)CCCC[C@@H]1SC[C@@H]2NC(=O)N[C@@H]21. The van der Waals surface area contributed by atoms with E-state index in [9.17, 15) is 14.4 Å². The number of unbranched alkanes of at least 4 members (excludes halogenated alkanes) is 1. The molecule has 0 aromatic heterocycles. The van der Waals surface area contributed by atoms with Crippen molar-refractivity contribution >= 4 is 30.0 Å². The predicted octanol–water partition coefficient (Wildman–Crippen LogP) is -2.68. The van der Waals surface area contributed by atoms with Gasteiger partial charge in [0.2, 0.25) is 0 Å². The predicted molar refractivity (Wildman–Crippen MR) is 102 cm³/mol. The summed E-state index contributed by atoms with van der Waals surface area (Å²) in [4.78, 5) is 35.6. The summed E-state index contributed by atoms with van der Waals surface area (Å²) in [6.45, 7) is -0.742. The molecule has 7 atom stereocenters. The largest absolute Gasteiger partial charge is 0.481 e. The second kappa shape index (κ2) is 13.0. The van der Waals surface area contributed by atoms with E-state index in [2.05, 4.69) is 21.4 Å². The number of thioether (sulfide) groups is 1. The van der Waals surface area contributed by atoms with E-state index in [0.717, 1.165) is 25.0 Å². The minimum Gasteiger partial charge on any atom is -0.481 e. The van der Waals surface area contributed by atoms with E-state index in [0.29, 0.717) is 5.25 Å². The molecule has 168 valence electrons. The van der Waals surface area contributed by atoms with E-state index in [1.54, 1.807) is 0 Å². The molecule has 0 bridgehead atoms. The van der Waals surface area contributed by atoms with Gasteiger partial charge in [-0.1, -0.05) is 6.42 Å². The number of aliphatic hydroxyl groups is 4. The first-order valence-corrected chi connectivity index (χ1v) is 10.2. The van der Waals surface area contributed by atoms with Gasteiger partial charge in [-0.15, -0.1) is 0 Å². The Morgan fingerprint density at radius 1 is 1.28 bits per heavy atom. The van der Waals surface area contributed by atoms with E-state index >= 15 is 0 Å². The molecule has 2 saturated heterocycles. The first-order chi connectivity index (χ1) is 13.7. The first-order valence-electron chi connectivity index (χ1n) is 9.11. The molecule has 0 unspecified atom stereocenters. The number of aliphatic hydroxyl groups excluding tert-OH is 4. The number of hydrogen-bond acceptors (Lipinski definition) is 10. The van der Waals surface area contributed by atoms with Crippen molar-refractivity contribution in [2.45, 2.75) is 67.4 Å². The molecule has 12 nitrogen and oxygen atoms in total. The number of nitrogens with one attached hydrogen (secondary N) is 2. The van der Waals surface area contributed by atoms with Crippen molar-refractivity contribution in [3.8, 4) is 0 Å². The Balaban J connectivity index is 0.000000298. The summed E-state index contributed by atoms with van der Waals surface area (Å²) in [5, 5.41) is 50.2. The maximum absolute atomic E-state index is 11.1. The van der Waals surface area contributed by atoms with E-state index in [-0.39, 0.29) is 30.8 Å². The van der Waals surface area contributed by atoms with Crippen LogP contribution in [0.15, 0.2) is 0 Å². The van der Waals surface area contributed by atoms with Gasteiger partial charge in [0.05, 0.1) is 18.7 Å². The van der Waals surface area contributed by atoms with Crippen LogP contribution in [0.4, 0.5) is 4.79 Å². The van der Waals surface area contributed by atoms with E-state index in [4.69, 9.17) is 25.5 Å². The van der Waals surface area contributed by atoms with Crippen LogP contribution in [0.5, 0.6) is 0 Å². The highest BCUT2D eigenvalue weighted by molar-refractivity contribution is 8.00. The molecule has 2 fully saturated rings. The lowest BCUT2D eigenvalue weighted by Crippen LogP contribution is -2.48. The number of urea groups is 1. The highest BCUT2D eigenvalue weighted by atomic mass is 32.2. The molecule has 0 spiro atoms. The van der Waals surface area contributed by atoms with Gasteiger partial charge < -0.3 is 41.0 Å². The van der Waals surface area contributed by atoms with Crippen molar-refractivity contribution in [3.05, 3.63) is 0 Å². The molecule has 29 heavy (non-hydrogen) atoms. The zero-order valence-electron chi connectivity index (χ0n) is 15.7. The van der Waals surface area contributed by atoms with Crippen molar-refractivity contribution in [3.63, 3.8) is 0 Å². The van der Waals surface area contributed by atoms with Gasteiger partial charge >= 0.3 is 12.0 Å². The Kier molecular flexibility index (Phi) is 11.4. The molecule has 0 aromatic rings. The zero-order chi connectivity index (χ0) is 22.0. The maximum atomic E-state index is 11.1. The smallest absolute Gasteiger partial charge is 0.315 e. The van der Waals surface area contributed by atoms with Crippen LogP contribution >= 0.6 is 11.8 Å². The Bertz CT molecular complexity index is 542. The molecule has 2 aliphatic heterocycles. The molecule has 2 heterocycles. The quantitative estimate of drug-likeness (QED) is 0.0718. The molecular formula is C16H29N3O9S. The maximum Gasteiger partial charge on any atom is 0.315 e. The Morgan fingerprint density at radius 2 is 1.97 bits per heavy atom. The fourth-order valence-electron chi connectivity index (χ4n) is 2.99. The Morgan fingerprint density at radius 3 is 2.52 bits per heavy atom. The van der Waals surface area contributed by atoms with Crippen LogP contribution in [-0.2, 0) is 14.4 Å². The van der Waals surface area contributed by atoms with Crippen LogP contribution in [-0.4, -0.2) is 97.9 Å². The van der Waals surface area contributed by atoms with Crippen molar-refractivity contribution in [1.82, 2.24) is 10.6 Å². The lowest BCUT2D eigenvalue weighted by Gasteiger charge is -2.23. The third-order valence-corrected chi connectivity index (χ3v) is 6.14. The molecule has 2 amide bonds. The zero-order valence-corrected chi connectivity index (χ0v) is 16.5. The normalized spacial score (nSPS) is 26.8. The topological polar surface area (TPSA) is 212 Å². The number of carbonyl (C=O) groups is 3. The molecular weight excluding hydrogens is 410 g/mol. The lowest BCUT2D eigenvalue weighted by molar-refractivity contribution is -0.146. The number of carboxylic acid groups (broad SMARTS) is 1. The van der Waals surface area contributed by atoms with Crippen LogP contribution in [0.2, 0.25) is 0 Å². The molecule has 0 radical (unpaired) electrons. The second-order valence-electron chi connectivity index (χ2n) is 6.73. The number of carbonyl (C=O) groups excluding carboxylic acids is 2. The fourth-order valence-corrected chi connectivity index (χ4v) is 4.53. The molecule has 13 heteroatoms. The van der Waals surface area contributed by atoms with Crippen LogP contribution in [0.25, 0.3) is 0 Å². The number of rotatable bonds is 11. The number of nitrogens with two attached hydrogens (primary N) is 1. The van der Waals surface area contributed by atoms with Gasteiger partial charge in [-0.25, -0.2) is 10.7 Å². The lowest BCUT2D eigenvalue weighted by atomic mass is 10.0. The van der Waals surface area contributed by atoms with Gasteiger partial charge in [0.1, 0.15) is 18.3 Å². The van der Waals surface area contributed by atoms with Gasteiger partial charge in [0.15, 0.2) is 12.4 Å². The summed E-state index contributed by atoms with van der Waals surface area (Å²) < 4.78 is 0. The molecule has 0 saturated carbocycles. The minimum atomic E-state index is -1.69. The Labute approximate surface area is 171 Å². The van der Waals surface area contributed by atoms with Gasteiger partial charge in [-0.2, -0.15) is 11.8 Å². The summed E-state index contributed by atoms with van der Waals surface area (Å²) in [7, 11) is 0. The summed E-state index contributed by atoms with van der Waals surface area (Å²) in [5.74, 6) is 4.85. The average Bonchev–Trinajstić information content (AvgIpc) is 3.24. The van der Waals surface area contributed by atoms with Crippen LogP contribution in [0.3, 0.4) is 0 Å². The number of amides is 2. The van der Waals surface area contributed by atoms with Crippen molar-refractivity contribution in [2.24, 2.45) is 5.90 Å². The van der Waals surface area contributed by atoms with Crippen LogP contribution in [0.1, 0.15) is 25.7 Å². The average molecular weight is 439 g/mol. The highest BCUT2D eigenvalue weighted by Crippen LogP contribution is 2.33. The molecule has 0 aromatic carbocycles. The third kappa shape index (κ3) is 8.04. The van der Waals surface area contributed by atoms with Gasteiger partial charge in [0.25, 0.3) is 0 Å². The molecule has 0 aliphatic carbocycles. The number of aldehydes is 1. The van der Waals surface area contributed by atoms with Crippen LogP contribution in [0, 0.1) is 0 Å². The number of carboxylic acids is 1. The van der Waals surface area contributed by atoms with Crippen molar-refractivity contribution < 1.29 is 44.8 Å². The third-order valence-electron chi connectivity index (χ3n) is 4.63. The highest BCUT2D eigenvalue weighted by Gasteiger charge is 2.42. The van der Waals surface area contributed by atoms with Gasteiger partial charge in [-0.05, 0) is 12.8 Å². The van der Waals surface area contributed by atoms with Crippen molar-refractivity contribution in [1.29, 1.82) is 0 Å². The number of fused-ring (bicyclic) bond motifs is 1. The molecule has 2 aliphatic rings. The van der Waals surface area contributed by atoms with Crippen molar-refractivity contribution in [2.75, 3.05) is 12.4 Å². The Hall–Kier alpha value is -1.48. The summed E-state index contributed by atoms with van der Waals surface area (Å²) >= 11 is 1.87. The van der Waals surface area contributed by atoms with E-state index in [1.807, 2.05) is 11.8 Å². The van der Waals surface area contributed by atoms with Crippen LogP contribution < -0.4 is 16.5 Å². The minimum absolute atomic E-state index is 0.0640. The van der Waals surface area contributed by atoms with E-state index in [1.165, 1.54) is 0 Å². The number of hydrogen-bond donors (Lipinski definition) is 8. The summed E-state index contributed by atoms with van der Waals surface area (Å²) in [6, 6.07) is 0.440. The monoisotopic (exact) mass is 439 g/mol. The summed E-state index contributed by atoms with van der Waals surface area (Å²) in [5.41, 5.74) is 0. The molecule has 2 rings (SSSR count). The van der Waals surface area contributed by atoms with Gasteiger partial charge in [-0.3, -0.25) is 9.63 Å². The second-order valence-corrected chi connectivity index (χ2v) is 8.00. The summed E-state index contributed by atoms with van der Waals surface area (Å²) in [6.07, 6.45) is -3.29. The van der Waals surface area contributed by atoms with Gasteiger partial charge in [0, 0.05) is 17.4 Å². The molecule has 9 N–H and O–H groups in total. The fraction of sp³-hybridized carbons (Fsp3) is 0.812. The standard InChI is InChI=1S/C10H16N2O3S.C6H13NO6/c13-8(14)4-2-1-3-7-9-6(5-16-7)11-10(15)12-9;7-13-4(2-9)6(12)5(11)3(10)1-8/h6-7,9H,1-5H2,(H,13,14)(H2,11,12,15);2-6,8,10-12H,1,7H2/t6-,7-,9-;3-,4-,5-,6-/m01/s1.